The highest BCUT2D eigenvalue weighted by molar-refractivity contribution is 7.89. The van der Waals surface area contributed by atoms with Crippen molar-refractivity contribution >= 4 is 10.0 Å². The molecule has 4 nitrogen and oxygen atoms in total. The van der Waals surface area contributed by atoms with Crippen LogP contribution < -0.4 is 5.14 Å². The molecule has 0 aliphatic carbocycles. The topological polar surface area (TPSA) is 63.4 Å². The average Bonchev–Trinajstić information content (AvgIpc) is 2.26. The van der Waals surface area contributed by atoms with Crippen molar-refractivity contribution < 1.29 is 8.42 Å². The molecule has 0 fully saturated rings. The lowest BCUT2D eigenvalue weighted by atomic mass is 10.1. The fourth-order valence-corrected chi connectivity index (χ4v) is 2.05. The van der Waals surface area contributed by atoms with Crippen LogP contribution >= 0.6 is 0 Å². The van der Waals surface area contributed by atoms with E-state index in [2.05, 4.69) is 11.8 Å². The molecule has 0 aromatic heterocycles. The van der Waals surface area contributed by atoms with Crippen molar-refractivity contribution in [3.8, 4) is 0 Å². The Hall–Kier alpha value is -0.910. The van der Waals surface area contributed by atoms with Gasteiger partial charge < -0.3 is 0 Å². The second-order valence-electron chi connectivity index (χ2n) is 3.87. The molecular formula is C11H18N2O2S. The third-order valence-electron chi connectivity index (χ3n) is 2.83. The Morgan fingerprint density at radius 3 is 2.56 bits per heavy atom. The van der Waals surface area contributed by atoms with E-state index in [0.717, 1.165) is 12.1 Å². The van der Waals surface area contributed by atoms with Crippen LogP contribution in [0.15, 0.2) is 29.2 Å². The van der Waals surface area contributed by atoms with Crippen molar-refractivity contribution in [1.82, 2.24) is 4.90 Å². The van der Waals surface area contributed by atoms with Gasteiger partial charge in [-0.3, -0.25) is 4.90 Å². The first-order chi connectivity index (χ1) is 7.36. The molecule has 0 radical (unpaired) electrons. The minimum absolute atomic E-state index is 0.168. The predicted octanol–water partition coefficient (Wildman–Crippen LogP) is 1.35. The third kappa shape index (κ3) is 3.04. The second kappa shape index (κ2) is 4.95. The van der Waals surface area contributed by atoms with Crippen LogP contribution in [0.1, 0.15) is 25.5 Å². The quantitative estimate of drug-likeness (QED) is 0.866. The zero-order valence-electron chi connectivity index (χ0n) is 9.84. The summed E-state index contributed by atoms with van der Waals surface area (Å²) >= 11 is 0. The van der Waals surface area contributed by atoms with Crippen molar-refractivity contribution in [2.24, 2.45) is 5.14 Å². The lowest BCUT2D eigenvalue weighted by Crippen LogP contribution is -2.22. The molecule has 16 heavy (non-hydrogen) atoms. The van der Waals surface area contributed by atoms with Crippen molar-refractivity contribution in [2.45, 2.75) is 24.8 Å². The van der Waals surface area contributed by atoms with Crippen LogP contribution in [0.5, 0.6) is 0 Å². The maximum atomic E-state index is 11.2. The molecule has 2 N–H and O–H groups in total. The fraction of sp³-hybridized carbons (Fsp3) is 0.455. The summed E-state index contributed by atoms with van der Waals surface area (Å²) in [7, 11) is -1.62. The summed E-state index contributed by atoms with van der Waals surface area (Å²) in [6.45, 7) is 4.99. The van der Waals surface area contributed by atoms with Gasteiger partial charge in [0.2, 0.25) is 10.0 Å². The summed E-state index contributed by atoms with van der Waals surface area (Å²) in [4.78, 5) is 2.30. The minimum Gasteiger partial charge on any atom is -0.300 e. The van der Waals surface area contributed by atoms with Crippen molar-refractivity contribution in [3.05, 3.63) is 29.8 Å². The lowest BCUT2D eigenvalue weighted by molar-refractivity contribution is 0.275. The van der Waals surface area contributed by atoms with Crippen LogP contribution in [0.25, 0.3) is 0 Å². The molecule has 0 spiro atoms. The summed E-state index contributed by atoms with van der Waals surface area (Å²) in [5.74, 6) is 0. The number of hydrogen-bond donors (Lipinski definition) is 1. The van der Waals surface area contributed by atoms with Crippen LogP contribution in [0.2, 0.25) is 0 Å². The molecule has 0 saturated carbocycles. The molecule has 5 heteroatoms. The SMILES string of the molecule is CCN(C)C(C)c1cccc(S(N)(=O)=O)c1. The van der Waals surface area contributed by atoms with Gasteiger partial charge in [-0.2, -0.15) is 0 Å². The molecule has 0 heterocycles. The number of nitrogens with two attached hydrogens (primary N) is 1. The smallest absolute Gasteiger partial charge is 0.238 e. The van der Waals surface area contributed by atoms with E-state index in [0.29, 0.717) is 0 Å². The minimum atomic E-state index is -3.61. The van der Waals surface area contributed by atoms with Gasteiger partial charge in [-0.25, -0.2) is 13.6 Å². The molecule has 1 rings (SSSR count). The Bertz CT molecular complexity index is 457. The van der Waals surface area contributed by atoms with E-state index < -0.39 is 10.0 Å². The summed E-state index contributed by atoms with van der Waals surface area (Å²) in [6.07, 6.45) is 0. The first-order valence-corrected chi connectivity index (χ1v) is 6.74. The number of benzene rings is 1. The molecule has 0 aliphatic heterocycles. The lowest BCUT2D eigenvalue weighted by Gasteiger charge is -2.23. The van der Waals surface area contributed by atoms with E-state index in [9.17, 15) is 8.42 Å². The van der Waals surface area contributed by atoms with Crippen molar-refractivity contribution in [2.75, 3.05) is 13.6 Å². The van der Waals surface area contributed by atoms with Gasteiger partial charge in [-0.05, 0) is 38.2 Å². The van der Waals surface area contributed by atoms with Gasteiger partial charge in [0.25, 0.3) is 0 Å². The highest BCUT2D eigenvalue weighted by Gasteiger charge is 2.13. The highest BCUT2D eigenvalue weighted by Crippen LogP contribution is 2.20. The van der Waals surface area contributed by atoms with Crippen LogP contribution in [0, 0.1) is 0 Å². The van der Waals surface area contributed by atoms with E-state index in [1.807, 2.05) is 20.0 Å². The molecule has 0 bridgehead atoms. The molecule has 1 atom stereocenters. The van der Waals surface area contributed by atoms with E-state index in [4.69, 9.17) is 5.14 Å². The maximum absolute atomic E-state index is 11.2. The average molecular weight is 242 g/mol. The number of hydrogen-bond acceptors (Lipinski definition) is 3. The van der Waals surface area contributed by atoms with Crippen LogP contribution in [0.4, 0.5) is 0 Å². The number of sulfonamides is 1. The molecule has 90 valence electrons. The van der Waals surface area contributed by atoms with Crippen LogP contribution in [0.3, 0.4) is 0 Å². The van der Waals surface area contributed by atoms with Gasteiger partial charge in [-0.1, -0.05) is 19.1 Å². The normalized spacial score (nSPS) is 14.1. The molecule has 1 aromatic rings. The number of primary sulfonamides is 1. The predicted molar refractivity (Wildman–Crippen MR) is 64.5 cm³/mol. The second-order valence-corrected chi connectivity index (χ2v) is 5.43. The largest absolute Gasteiger partial charge is 0.300 e. The number of nitrogens with zero attached hydrogens (tertiary/aromatic N) is 1. The Balaban J connectivity index is 3.08. The zero-order valence-corrected chi connectivity index (χ0v) is 10.7. The molecule has 0 saturated heterocycles. The Morgan fingerprint density at radius 1 is 1.44 bits per heavy atom. The molecule has 1 unspecified atom stereocenters. The first-order valence-electron chi connectivity index (χ1n) is 5.19. The Labute approximate surface area is 97.1 Å². The first kappa shape index (κ1) is 13.2. The van der Waals surface area contributed by atoms with E-state index in [-0.39, 0.29) is 10.9 Å². The van der Waals surface area contributed by atoms with E-state index in [1.54, 1.807) is 12.1 Å². The van der Waals surface area contributed by atoms with Gasteiger partial charge in [0, 0.05) is 6.04 Å². The summed E-state index contributed by atoms with van der Waals surface area (Å²) in [5.41, 5.74) is 0.955. The van der Waals surface area contributed by atoms with Crippen molar-refractivity contribution in [3.63, 3.8) is 0 Å². The third-order valence-corrected chi connectivity index (χ3v) is 3.74. The molecule has 0 aliphatic rings. The van der Waals surface area contributed by atoms with Gasteiger partial charge >= 0.3 is 0 Å². The van der Waals surface area contributed by atoms with Gasteiger partial charge in [0.15, 0.2) is 0 Å². The van der Waals surface area contributed by atoms with Gasteiger partial charge in [0.05, 0.1) is 4.90 Å². The van der Waals surface area contributed by atoms with Gasteiger partial charge in [-0.15, -0.1) is 0 Å². The zero-order chi connectivity index (χ0) is 12.3. The number of rotatable bonds is 4. The summed E-state index contributed by atoms with van der Waals surface area (Å²) < 4.78 is 22.4. The summed E-state index contributed by atoms with van der Waals surface area (Å²) in [5, 5.41) is 5.09. The maximum Gasteiger partial charge on any atom is 0.238 e. The monoisotopic (exact) mass is 242 g/mol. The standard InChI is InChI=1S/C11H18N2O2S/c1-4-13(3)9(2)10-6-5-7-11(8-10)16(12,14)15/h5-9H,4H2,1-3H3,(H2,12,14,15). The van der Waals surface area contributed by atoms with Crippen LogP contribution in [-0.2, 0) is 10.0 Å². The van der Waals surface area contributed by atoms with Crippen molar-refractivity contribution in [1.29, 1.82) is 0 Å². The fourth-order valence-electron chi connectivity index (χ4n) is 1.48. The molecule has 0 amide bonds. The highest BCUT2D eigenvalue weighted by atomic mass is 32.2. The molecular weight excluding hydrogens is 224 g/mol. The van der Waals surface area contributed by atoms with Gasteiger partial charge in [0.1, 0.15) is 0 Å². The Morgan fingerprint density at radius 2 is 2.06 bits per heavy atom. The van der Waals surface area contributed by atoms with E-state index >= 15 is 0 Å². The van der Waals surface area contributed by atoms with Crippen LogP contribution in [-0.4, -0.2) is 26.9 Å². The summed E-state index contributed by atoms with van der Waals surface area (Å²) in [6, 6.07) is 6.94. The Kier molecular flexibility index (Phi) is 4.07. The molecule has 1 aromatic carbocycles. The van der Waals surface area contributed by atoms with E-state index in [1.165, 1.54) is 6.07 Å².